The summed E-state index contributed by atoms with van der Waals surface area (Å²) in [7, 11) is 1.92. The molecule has 2 N–H and O–H groups in total. The van der Waals surface area contributed by atoms with E-state index in [1.807, 2.05) is 13.1 Å². The van der Waals surface area contributed by atoms with Gasteiger partial charge in [0.25, 0.3) is 0 Å². The molecule has 6 heteroatoms. The van der Waals surface area contributed by atoms with Gasteiger partial charge in [0, 0.05) is 11.4 Å². The topological polar surface area (TPSA) is 66.5 Å². The van der Waals surface area contributed by atoms with Crippen molar-refractivity contribution in [2.45, 2.75) is 5.92 Å². The first-order chi connectivity index (χ1) is 6.92. The lowest BCUT2D eigenvalue weighted by molar-refractivity contribution is 0.681. The second kappa shape index (κ2) is 4.30. The van der Waals surface area contributed by atoms with Crippen molar-refractivity contribution in [2.75, 3.05) is 13.6 Å². The third kappa shape index (κ3) is 1.80. The van der Waals surface area contributed by atoms with Crippen LogP contribution in [0.15, 0.2) is 17.5 Å². The number of rotatable bonds is 4. The van der Waals surface area contributed by atoms with Crippen LogP contribution in [-0.2, 0) is 0 Å². The van der Waals surface area contributed by atoms with Gasteiger partial charge in [-0.15, -0.1) is 21.5 Å². The molecule has 2 aromatic rings. The molecular formula is C8H11N5S. The maximum absolute atomic E-state index is 4.01. The number of tetrazole rings is 1. The quantitative estimate of drug-likeness (QED) is 0.774. The molecule has 0 aromatic carbocycles. The normalized spacial score (nSPS) is 12.9. The van der Waals surface area contributed by atoms with Gasteiger partial charge in [-0.3, -0.25) is 0 Å². The maximum Gasteiger partial charge on any atom is 0.184 e. The molecule has 0 aliphatic carbocycles. The minimum absolute atomic E-state index is 0.193. The van der Waals surface area contributed by atoms with Crippen molar-refractivity contribution in [2.24, 2.45) is 0 Å². The zero-order chi connectivity index (χ0) is 9.80. The van der Waals surface area contributed by atoms with Gasteiger partial charge in [0.15, 0.2) is 5.82 Å². The highest BCUT2D eigenvalue weighted by Crippen LogP contribution is 2.24. The summed E-state index contributed by atoms with van der Waals surface area (Å²) < 4.78 is 0. The van der Waals surface area contributed by atoms with E-state index in [2.05, 4.69) is 37.4 Å². The second-order valence-corrected chi connectivity index (χ2v) is 3.87. The van der Waals surface area contributed by atoms with Crippen molar-refractivity contribution in [1.29, 1.82) is 0 Å². The van der Waals surface area contributed by atoms with Gasteiger partial charge in [0.2, 0.25) is 0 Å². The summed E-state index contributed by atoms with van der Waals surface area (Å²) in [6.45, 7) is 0.819. The fraction of sp³-hybridized carbons (Fsp3) is 0.375. The monoisotopic (exact) mass is 209 g/mol. The van der Waals surface area contributed by atoms with Gasteiger partial charge < -0.3 is 5.32 Å². The standard InChI is InChI=1S/C8H11N5S/c1-9-5-6(7-3-2-4-14-7)8-10-12-13-11-8/h2-4,6,9H,5H2,1H3,(H,10,11,12,13). The highest BCUT2D eigenvalue weighted by Gasteiger charge is 2.18. The highest BCUT2D eigenvalue weighted by molar-refractivity contribution is 7.10. The summed E-state index contributed by atoms with van der Waals surface area (Å²) in [6.07, 6.45) is 0. The van der Waals surface area contributed by atoms with Gasteiger partial charge in [-0.1, -0.05) is 11.3 Å². The van der Waals surface area contributed by atoms with Crippen LogP contribution in [0.1, 0.15) is 16.6 Å². The molecule has 0 spiro atoms. The number of aromatic amines is 1. The summed E-state index contributed by atoms with van der Waals surface area (Å²) in [5, 5.41) is 19.3. The molecule has 14 heavy (non-hydrogen) atoms. The molecule has 0 amide bonds. The maximum atomic E-state index is 4.01. The van der Waals surface area contributed by atoms with Crippen LogP contribution in [0.5, 0.6) is 0 Å². The first kappa shape index (κ1) is 9.29. The number of aromatic nitrogens is 4. The van der Waals surface area contributed by atoms with E-state index in [0.717, 1.165) is 12.4 Å². The van der Waals surface area contributed by atoms with Crippen LogP contribution >= 0.6 is 11.3 Å². The van der Waals surface area contributed by atoms with Crippen LogP contribution in [-0.4, -0.2) is 34.2 Å². The molecule has 0 aliphatic heterocycles. The van der Waals surface area contributed by atoms with Gasteiger partial charge in [-0.05, 0) is 18.5 Å². The number of nitrogens with zero attached hydrogens (tertiary/aromatic N) is 3. The first-order valence-corrected chi connectivity index (χ1v) is 5.21. The Morgan fingerprint density at radius 1 is 1.64 bits per heavy atom. The number of hydrogen-bond donors (Lipinski definition) is 2. The van der Waals surface area contributed by atoms with Crippen molar-refractivity contribution in [3.63, 3.8) is 0 Å². The Bertz CT molecular complexity index is 321. The Labute approximate surface area is 85.5 Å². The van der Waals surface area contributed by atoms with E-state index in [1.54, 1.807) is 11.3 Å². The van der Waals surface area contributed by atoms with Crippen molar-refractivity contribution >= 4 is 11.3 Å². The summed E-state index contributed by atoms with van der Waals surface area (Å²) >= 11 is 1.71. The van der Waals surface area contributed by atoms with Crippen LogP contribution in [0, 0.1) is 0 Å². The van der Waals surface area contributed by atoms with Gasteiger partial charge in [-0.2, -0.15) is 5.21 Å². The van der Waals surface area contributed by atoms with E-state index in [1.165, 1.54) is 4.88 Å². The molecule has 2 aromatic heterocycles. The number of nitrogens with one attached hydrogen (secondary N) is 2. The summed E-state index contributed by atoms with van der Waals surface area (Å²) in [6, 6.07) is 4.12. The zero-order valence-electron chi connectivity index (χ0n) is 7.77. The molecule has 0 aliphatic rings. The smallest absolute Gasteiger partial charge is 0.184 e. The summed E-state index contributed by atoms with van der Waals surface area (Å²) in [5.41, 5.74) is 0. The van der Waals surface area contributed by atoms with E-state index >= 15 is 0 Å². The molecule has 74 valence electrons. The van der Waals surface area contributed by atoms with Crippen LogP contribution < -0.4 is 5.32 Å². The Hall–Kier alpha value is -1.27. The van der Waals surface area contributed by atoms with Crippen molar-refractivity contribution in [1.82, 2.24) is 25.9 Å². The van der Waals surface area contributed by atoms with Crippen molar-refractivity contribution in [3.05, 3.63) is 28.2 Å². The highest BCUT2D eigenvalue weighted by atomic mass is 32.1. The predicted molar refractivity (Wildman–Crippen MR) is 54.3 cm³/mol. The lowest BCUT2D eigenvalue weighted by Gasteiger charge is -2.09. The van der Waals surface area contributed by atoms with Crippen LogP contribution in [0.25, 0.3) is 0 Å². The Morgan fingerprint density at radius 2 is 2.57 bits per heavy atom. The molecule has 0 saturated heterocycles. The number of hydrogen-bond acceptors (Lipinski definition) is 5. The minimum Gasteiger partial charge on any atom is -0.319 e. The van der Waals surface area contributed by atoms with Crippen LogP contribution in [0.4, 0.5) is 0 Å². The SMILES string of the molecule is CNCC(c1nn[nH]n1)c1cccs1. The molecular weight excluding hydrogens is 198 g/mol. The third-order valence-corrected chi connectivity index (χ3v) is 2.95. The van der Waals surface area contributed by atoms with E-state index < -0.39 is 0 Å². The Kier molecular flexibility index (Phi) is 2.85. The average Bonchev–Trinajstić information content (AvgIpc) is 2.87. The Balaban J connectivity index is 2.25. The van der Waals surface area contributed by atoms with Crippen LogP contribution in [0.3, 0.4) is 0 Å². The lowest BCUT2D eigenvalue weighted by atomic mass is 10.1. The summed E-state index contributed by atoms with van der Waals surface area (Å²) in [4.78, 5) is 1.25. The van der Waals surface area contributed by atoms with E-state index in [9.17, 15) is 0 Å². The van der Waals surface area contributed by atoms with Crippen molar-refractivity contribution < 1.29 is 0 Å². The number of thiophene rings is 1. The molecule has 2 heterocycles. The minimum atomic E-state index is 0.193. The van der Waals surface area contributed by atoms with E-state index in [-0.39, 0.29) is 5.92 Å². The molecule has 1 atom stereocenters. The number of H-pyrrole nitrogens is 1. The van der Waals surface area contributed by atoms with Gasteiger partial charge in [0.05, 0.1) is 5.92 Å². The number of likely N-dealkylation sites (N-methyl/N-ethyl adjacent to an activating group) is 1. The third-order valence-electron chi connectivity index (χ3n) is 1.97. The van der Waals surface area contributed by atoms with E-state index in [4.69, 9.17) is 0 Å². The summed E-state index contributed by atoms with van der Waals surface area (Å²) in [5.74, 6) is 0.931. The molecule has 0 fully saturated rings. The zero-order valence-corrected chi connectivity index (χ0v) is 8.58. The first-order valence-electron chi connectivity index (χ1n) is 4.33. The molecule has 5 nitrogen and oxygen atoms in total. The molecule has 0 radical (unpaired) electrons. The van der Waals surface area contributed by atoms with Gasteiger partial charge in [-0.25, -0.2) is 0 Å². The predicted octanol–water partition coefficient (Wildman–Crippen LogP) is 0.612. The van der Waals surface area contributed by atoms with Crippen molar-refractivity contribution in [3.8, 4) is 0 Å². The molecule has 2 rings (SSSR count). The average molecular weight is 209 g/mol. The molecule has 0 saturated carbocycles. The van der Waals surface area contributed by atoms with Crippen LogP contribution in [0.2, 0.25) is 0 Å². The molecule has 0 bridgehead atoms. The fourth-order valence-electron chi connectivity index (χ4n) is 1.33. The second-order valence-electron chi connectivity index (χ2n) is 2.90. The fourth-order valence-corrected chi connectivity index (χ4v) is 2.15. The largest absolute Gasteiger partial charge is 0.319 e. The van der Waals surface area contributed by atoms with E-state index in [0.29, 0.717) is 0 Å². The van der Waals surface area contributed by atoms with Gasteiger partial charge >= 0.3 is 0 Å². The lowest BCUT2D eigenvalue weighted by Crippen LogP contribution is -2.18. The van der Waals surface area contributed by atoms with Gasteiger partial charge in [0.1, 0.15) is 0 Å². The Morgan fingerprint density at radius 3 is 3.14 bits per heavy atom. The molecule has 1 unspecified atom stereocenters.